The fourth-order valence-electron chi connectivity index (χ4n) is 2.12. The number of hydrogen-bond donors (Lipinski definition) is 3. The molecule has 1 aromatic carbocycles. The van der Waals surface area contributed by atoms with Crippen LogP contribution in [0.2, 0.25) is 0 Å². The van der Waals surface area contributed by atoms with Gasteiger partial charge in [0.2, 0.25) is 0 Å². The maximum atomic E-state index is 11.0. The van der Waals surface area contributed by atoms with Gasteiger partial charge in [0.25, 0.3) is 0 Å². The number of rotatable bonds is 5. The fraction of sp³-hybridized carbons (Fsp3) is 0.429. The highest BCUT2D eigenvalue weighted by Crippen LogP contribution is 2.25. The highest BCUT2D eigenvalue weighted by atomic mass is 32.1. The van der Waals surface area contributed by atoms with E-state index in [0.717, 1.165) is 19.4 Å². The molecule has 6 nitrogen and oxygen atoms in total. The second-order valence-corrected chi connectivity index (χ2v) is 5.10. The van der Waals surface area contributed by atoms with Crippen LogP contribution in [-0.4, -0.2) is 42.6 Å². The molecule has 0 aromatic heterocycles. The standard InChI is InChI=1S/C14H18N2O4S/c1-19-12-5-4-9(13(17)18)7-11(12)16-14(21)15-8-10-3-2-6-20-10/h4-5,7,10H,2-3,6,8H2,1H3,(H,17,18)(H2,15,16,21)/t10-/m1/s1. The van der Waals surface area contributed by atoms with Crippen molar-refractivity contribution in [3.63, 3.8) is 0 Å². The quantitative estimate of drug-likeness (QED) is 0.716. The second kappa shape index (κ2) is 7.24. The van der Waals surface area contributed by atoms with E-state index in [1.807, 2.05) is 0 Å². The Bertz CT molecular complexity index is 530. The van der Waals surface area contributed by atoms with Crippen LogP contribution in [0.5, 0.6) is 5.75 Å². The van der Waals surface area contributed by atoms with Gasteiger partial charge in [0.05, 0.1) is 24.5 Å². The maximum absolute atomic E-state index is 11.0. The Kier molecular flexibility index (Phi) is 5.35. The first-order valence-electron chi connectivity index (χ1n) is 6.68. The third kappa shape index (κ3) is 4.30. The first-order valence-corrected chi connectivity index (χ1v) is 7.08. The van der Waals surface area contributed by atoms with Crippen molar-refractivity contribution in [1.29, 1.82) is 0 Å². The normalized spacial score (nSPS) is 17.3. The molecule has 114 valence electrons. The lowest BCUT2D eigenvalue weighted by atomic mass is 10.2. The van der Waals surface area contributed by atoms with Crippen molar-refractivity contribution in [1.82, 2.24) is 5.32 Å². The van der Waals surface area contributed by atoms with Crippen LogP contribution >= 0.6 is 12.2 Å². The molecular weight excluding hydrogens is 292 g/mol. The number of ether oxygens (including phenoxy) is 2. The number of benzene rings is 1. The lowest BCUT2D eigenvalue weighted by Crippen LogP contribution is -2.34. The Morgan fingerprint density at radius 3 is 3.00 bits per heavy atom. The molecule has 0 saturated carbocycles. The number of carboxylic acids is 1. The summed E-state index contributed by atoms with van der Waals surface area (Å²) in [5.74, 6) is -0.472. The van der Waals surface area contributed by atoms with Gasteiger partial charge in [0.15, 0.2) is 5.11 Å². The zero-order valence-corrected chi connectivity index (χ0v) is 12.5. The molecule has 1 heterocycles. The number of nitrogens with one attached hydrogen (secondary N) is 2. The molecule has 0 radical (unpaired) electrons. The Morgan fingerprint density at radius 2 is 2.38 bits per heavy atom. The van der Waals surface area contributed by atoms with Crippen molar-refractivity contribution in [2.45, 2.75) is 18.9 Å². The molecule has 0 aliphatic carbocycles. The summed E-state index contributed by atoms with van der Waals surface area (Å²) in [6, 6.07) is 4.56. The first-order chi connectivity index (χ1) is 10.1. The van der Waals surface area contributed by atoms with Crippen LogP contribution in [0.3, 0.4) is 0 Å². The summed E-state index contributed by atoms with van der Waals surface area (Å²) in [7, 11) is 1.52. The summed E-state index contributed by atoms with van der Waals surface area (Å²) in [6.45, 7) is 1.42. The monoisotopic (exact) mass is 310 g/mol. The SMILES string of the molecule is COc1ccc(C(=O)O)cc1NC(=S)NC[C@H]1CCCO1. The minimum Gasteiger partial charge on any atom is -0.495 e. The number of carboxylic acid groups (broad SMARTS) is 1. The van der Waals surface area contributed by atoms with Gasteiger partial charge in [-0.2, -0.15) is 0 Å². The third-order valence-electron chi connectivity index (χ3n) is 3.21. The zero-order valence-electron chi connectivity index (χ0n) is 11.7. The smallest absolute Gasteiger partial charge is 0.335 e. The molecule has 1 saturated heterocycles. The van der Waals surface area contributed by atoms with Gasteiger partial charge in [-0.3, -0.25) is 0 Å². The molecule has 7 heteroatoms. The van der Waals surface area contributed by atoms with Crippen LogP contribution in [0.1, 0.15) is 23.2 Å². The Labute approximate surface area is 128 Å². The highest BCUT2D eigenvalue weighted by molar-refractivity contribution is 7.80. The van der Waals surface area contributed by atoms with E-state index in [1.54, 1.807) is 6.07 Å². The highest BCUT2D eigenvalue weighted by Gasteiger charge is 2.16. The number of hydrogen-bond acceptors (Lipinski definition) is 4. The summed E-state index contributed by atoms with van der Waals surface area (Å²) in [5.41, 5.74) is 0.683. The van der Waals surface area contributed by atoms with Gasteiger partial charge >= 0.3 is 5.97 Å². The van der Waals surface area contributed by atoms with Crippen molar-refractivity contribution >= 4 is 29.0 Å². The number of anilines is 1. The minimum absolute atomic E-state index is 0.167. The van der Waals surface area contributed by atoms with E-state index in [0.29, 0.717) is 23.1 Å². The molecule has 1 aliphatic rings. The molecule has 1 aromatic rings. The van der Waals surface area contributed by atoms with Crippen molar-refractivity contribution in [3.8, 4) is 5.75 Å². The van der Waals surface area contributed by atoms with Gasteiger partial charge in [-0.25, -0.2) is 4.79 Å². The van der Waals surface area contributed by atoms with Crippen molar-refractivity contribution in [3.05, 3.63) is 23.8 Å². The van der Waals surface area contributed by atoms with Gasteiger partial charge in [0, 0.05) is 13.2 Å². The number of carbonyl (C=O) groups is 1. The minimum atomic E-state index is -1.00. The largest absolute Gasteiger partial charge is 0.495 e. The molecule has 21 heavy (non-hydrogen) atoms. The Hall–Kier alpha value is -1.86. The first kappa shape index (κ1) is 15.5. The summed E-state index contributed by atoms with van der Waals surface area (Å²) in [4.78, 5) is 11.0. The lowest BCUT2D eigenvalue weighted by molar-refractivity contribution is 0.0697. The van der Waals surface area contributed by atoms with Crippen molar-refractivity contribution in [2.75, 3.05) is 25.6 Å². The van der Waals surface area contributed by atoms with Gasteiger partial charge in [0.1, 0.15) is 5.75 Å². The summed E-state index contributed by atoms with van der Waals surface area (Å²) < 4.78 is 10.7. The number of aromatic carboxylic acids is 1. The molecule has 1 atom stereocenters. The predicted molar refractivity (Wildman–Crippen MR) is 83.2 cm³/mol. The molecule has 2 rings (SSSR count). The molecule has 0 amide bonds. The molecule has 1 fully saturated rings. The van der Waals surface area contributed by atoms with Gasteiger partial charge in [-0.15, -0.1) is 0 Å². The third-order valence-corrected chi connectivity index (χ3v) is 3.46. The van der Waals surface area contributed by atoms with Crippen LogP contribution in [0, 0.1) is 0 Å². The van der Waals surface area contributed by atoms with Gasteiger partial charge in [-0.1, -0.05) is 0 Å². The average Bonchev–Trinajstić information content (AvgIpc) is 2.98. The van der Waals surface area contributed by atoms with Crippen LogP contribution in [0.4, 0.5) is 5.69 Å². The van der Waals surface area contributed by atoms with E-state index >= 15 is 0 Å². The van der Waals surface area contributed by atoms with Crippen molar-refractivity contribution < 1.29 is 19.4 Å². The van der Waals surface area contributed by atoms with E-state index in [-0.39, 0.29) is 11.7 Å². The Balaban J connectivity index is 1.97. The van der Waals surface area contributed by atoms with Crippen molar-refractivity contribution in [2.24, 2.45) is 0 Å². The molecular formula is C14H18N2O4S. The maximum Gasteiger partial charge on any atom is 0.335 e. The predicted octanol–water partition coefficient (Wildman–Crippen LogP) is 1.86. The zero-order chi connectivity index (χ0) is 15.2. The van der Waals surface area contributed by atoms with Crippen LogP contribution in [-0.2, 0) is 4.74 Å². The van der Waals surface area contributed by atoms with E-state index < -0.39 is 5.97 Å². The van der Waals surface area contributed by atoms with E-state index in [2.05, 4.69) is 10.6 Å². The Morgan fingerprint density at radius 1 is 1.57 bits per heavy atom. The van der Waals surface area contributed by atoms with E-state index in [9.17, 15) is 4.79 Å². The molecule has 0 unspecified atom stereocenters. The molecule has 1 aliphatic heterocycles. The van der Waals surface area contributed by atoms with Gasteiger partial charge < -0.3 is 25.2 Å². The second-order valence-electron chi connectivity index (χ2n) is 4.69. The summed E-state index contributed by atoms with van der Waals surface area (Å²) >= 11 is 5.21. The summed E-state index contributed by atoms with van der Waals surface area (Å²) in [6.07, 6.45) is 2.27. The van der Waals surface area contributed by atoms with Crippen LogP contribution in [0.15, 0.2) is 18.2 Å². The topological polar surface area (TPSA) is 79.8 Å². The van der Waals surface area contributed by atoms with E-state index in [1.165, 1.54) is 19.2 Å². The van der Waals surface area contributed by atoms with Crippen LogP contribution < -0.4 is 15.4 Å². The fourth-order valence-corrected chi connectivity index (χ4v) is 2.31. The molecule has 0 bridgehead atoms. The van der Waals surface area contributed by atoms with Crippen LogP contribution in [0.25, 0.3) is 0 Å². The number of thiocarbonyl (C=S) groups is 1. The summed E-state index contributed by atoms with van der Waals surface area (Å²) in [5, 5.41) is 15.5. The number of methoxy groups -OCH3 is 1. The van der Waals surface area contributed by atoms with Gasteiger partial charge in [-0.05, 0) is 43.3 Å². The molecule has 0 spiro atoms. The lowest BCUT2D eigenvalue weighted by Gasteiger charge is -2.16. The molecule has 3 N–H and O–H groups in total. The van der Waals surface area contributed by atoms with E-state index in [4.69, 9.17) is 26.8 Å². The average molecular weight is 310 g/mol.